The highest BCUT2D eigenvalue weighted by molar-refractivity contribution is 6.12. The number of rotatable bonds is 7. The number of ether oxygens (including phenoxy) is 1. The number of amides is 1. The molecule has 1 aliphatic rings. The third-order valence-electron chi connectivity index (χ3n) is 6.72. The molecule has 1 N–H and O–H groups in total. The fourth-order valence-electron chi connectivity index (χ4n) is 4.44. The maximum atomic E-state index is 13.7. The van der Waals surface area contributed by atoms with Crippen molar-refractivity contribution >= 4 is 17.3 Å². The zero-order chi connectivity index (χ0) is 24.2. The summed E-state index contributed by atoms with van der Waals surface area (Å²) in [7, 11) is 0. The summed E-state index contributed by atoms with van der Waals surface area (Å²) in [5.41, 5.74) is 5.80. The summed E-state index contributed by atoms with van der Waals surface area (Å²) in [5, 5.41) is 3.58. The van der Waals surface area contributed by atoms with E-state index in [0.29, 0.717) is 18.1 Å². The second-order valence-electron chi connectivity index (χ2n) is 9.01. The quantitative estimate of drug-likeness (QED) is 0.308. The molecule has 4 heteroatoms. The molecule has 1 amide bonds. The minimum atomic E-state index is -0.324. The first-order valence-corrected chi connectivity index (χ1v) is 12.2. The van der Waals surface area contributed by atoms with Crippen LogP contribution in [0.5, 0.6) is 5.75 Å². The van der Waals surface area contributed by atoms with Gasteiger partial charge in [0.15, 0.2) is 0 Å². The molecule has 0 fully saturated rings. The molecule has 0 aliphatic carbocycles. The summed E-state index contributed by atoms with van der Waals surface area (Å²) in [4.78, 5) is 15.5. The first-order valence-electron chi connectivity index (χ1n) is 12.2. The Morgan fingerprint density at radius 2 is 1.54 bits per heavy atom. The van der Waals surface area contributed by atoms with Crippen molar-refractivity contribution in [1.82, 2.24) is 0 Å². The fraction of sp³-hybridized carbons (Fsp3) is 0.194. The van der Waals surface area contributed by atoms with Gasteiger partial charge >= 0.3 is 0 Å². The van der Waals surface area contributed by atoms with Gasteiger partial charge in [-0.1, -0.05) is 80.6 Å². The molecule has 0 unspecified atom stereocenters. The number of carbonyl (C=O) groups excluding carboxylic acids is 1. The van der Waals surface area contributed by atoms with Crippen LogP contribution in [0.25, 0.3) is 0 Å². The van der Waals surface area contributed by atoms with Gasteiger partial charge in [0.05, 0.1) is 5.56 Å². The number of fused-ring (bicyclic) bond motifs is 1. The van der Waals surface area contributed by atoms with E-state index in [-0.39, 0.29) is 12.1 Å². The number of carbonyl (C=O) groups is 1. The van der Waals surface area contributed by atoms with Crippen molar-refractivity contribution in [3.8, 4) is 5.75 Å². The molecule has 0 spiro atoms. The van der Waals surface area contributed by atoms with Gasteiger partial charge in [-0.05, 0) is 65.4 Å². The van der Waals surface area contributed by atoms with E-state index in [4.69, 9.17) is 4.74 Å². The lowest BCUT2D eigenvalue weighted by atomic mass is 9.97. The molecule has 0 aromatic heterocycles. The zero-order valence-corrected chi connectivity index (χ0v) is 20.1. The van der Waals surface area contributed by atoms with Gasteiger partial charge in [-0.3, -0.25) is 9.69 Å². The maximum absolute atomic E-state index is 13.7. The van der Waals surface area contributed by atoms with E-state index in [1.165, 1.54) is 5.56 Å². The van der Waals surface area contributed by atoms with Crippen LogP contribution in [-0.4, -0.2) is 5.91 Å². The molecule has 176 valence electrons. The minimum absolute atomic E-state index is 0.00922. The Balaban J connectivity index is 1.44. The van der Waals surface area contributed by atoms with Crippen molar-refractivity contribution in [2.45, 2.75) is 39.0 Å². The van der Waals surface area contributed by atoms with Gasteiger partial charge < -0.3 is 10.1 Å². The fourth-order valence-corrected chi connectivity index (χ4v) is 4.44. The van der Waals surface area contributed by atoms with Crippen molar-refractivity contribution in [1.29, 1.82) is 0 Å². The molecule has 1 aliphatic heterocycles. The molecule has 4 nitrogen and oxygen atoms in total. The summed E-state index contributed by atoms with van der Waals surface area (Å²) < 4.78 is 5.97. The van der Waals surface area contributed by atoms with Gasteiger partial charge in [-0.15, -0.1) is 0 Å². The van der Waals surface area contributed by atoms with Gasteiger partial charge in [0, 0.05) is 11.4 Å². The SMILES string of the molecule is CC[C@H](C)c1ccc(N2C(=O)c3ccccc3N[C@@H]2c2ccc(OCc3ccccc3)cc2)cc1. The van der Waals surface area contributed by atoms with E-state index in [0.717, 1.165) is 34.7 Å². The molecule has 0 saturated carbocycles. The minimum Gasteiger partial charge on any atom is -0.489 e. The molecule has 0 saturated heterocycles. The summed E-state index contributed by atoms with van der Waals surface area (Å²) in [6.45, 7) is 4.93. The molecule has 2 atom stereocenters. The van der Waals surface area contributed by atoms with E-state index in [9.17, 15) is 4.79 Å². The molecule has 1 heterocycles. The molecule has 5 rings (SSSR count). The Morgan fingerprint density at radius 3 is 2.26 bits per heavy atom. The molecule has 4 aromatic carbocycles. The summed E-state index contributed by atoms with van der Waals surface area (Å²) in [6.07, 6.45) is 0.758. The lowest BCUT2D eigenvalue weighted by Crippen LogP contribution is -2.43. The van der Waals surface area contributed by atoms with Gasteiger partial charge in [-0.25, -0.2) is 0 Å². The smallest absolute Gasteiger partial charge is 0.262 e. The molecule has 4 aromatic rings. The first-order chi connectivity index (χ1) is 17.1. The van der Waals surface area contributed by atoms with Crippen LogP contribution in [0.15, 0.2) is 103 Å². The number of nitrogens with one attached hydrogen (secondary N) is 1. The lowest BCUT2D eigenvalue weighted by Gasteiger charge is -2.38. The highest BCUT2D eigenvalue weighted by Crippen LogP contribution is 2.37. The Hall–Kier alpha value is -4.05. The van der Waals surface area contributed by atoms with E-state index in [1.54, 1.807) is 0 Å². The topological polar surface area (TPSA) is 41.6 Å². The Morgan fingerprint density at radius 1 is 0.857 bits per heavy atom. The monoisotopic (exact) mass is 462 g/mol. The predicted molar refractivity (Wildman–Crippen MR) is 142 cm³/mol. The Labute approximate surface area is 207 Å². The van der Waals surface area contributed by atoms with E-state index < -0.39 is 0 Å². The van der Waals surface area contributed by atoms with Crippen LogP contribution in [0.1, 0.15) is 59.4 Å². The van der Waals surface area contributed by atoms with Crippen molar-refractivity contribution < 1.29 is 9.53 Å². The number of para-hydroxylation sites is 1. The summed E-state index contributed by atoms with van der Waals surface area (Å²) in [5.74, 6) is 1.27. The van der Waals surface area contributed by atoms with Crippen LogP contribution in [0.3, 0.4) is 0 Å². The standard InChI is InChI=1S/C31H30N2O2/c1-3-22(2)24-13-17-26(18-14-24)33-30(32-29-12-8-7-11-28(29)31(33)34)25-15-19-27(20-16-25)35-21-23-9-5-4-6-10-23/h4-20,22,30,32H,3,21H2,1-2H3/t22-,30-/m0/s1. The average molecular weight is 463 g/mol. The summed E-state index contributed by atoms with van der Waals surface area (Å²) >= 11 is 0. The molecule has 0 radical (unpaired) electrons. The second-order valence-corrected chi connectivity index (χ2v) is 9.01. The van der Waals surface area contributed by atoms with Gasteiger partial charge in [0.1, 0.15) is 18.5 Å². The van der Waals surface area contributed by atoms with Crippen LogP contribution in [0.2, 0.25) is 0 Å². The molecule has 35 heavy (non-hydrogen) atoms. The van der Waals surface area contributed by atoms with Crippen LogP contribution >= 0.6 is 0 Å². The number of hydrogen-bond acceptors (Lipinski definition) is 3. The number of hydrogen-bond donors (Lipinski definition) is 1. The van der Waals surface area contributed by atoms with Gasteiger partial charge in [0.2, 0.25) is 0 Å². The number of nitrogens with zero attached hydrogens (tertiary/aromatic N) is 1. The number of benzene rings is 4. The van der Waals surface area contributed by atoms with Crippen LogP contribution in [-0.2, 0) is 6.61 Å². The largest absolute Gasteiger partial charge is 0.489 e. The van der Waals surface area contributed by atoms with Gasteiger partial charge in [0.25, 0.3) is 5.91 Å². The van der Waals surface area contributed by atoms with Crippen LogP contribution in [0, 0.1) is 0 Å². The van der Waals surface area contributed by atoms with Crippen molar-refractivity contribution in [2.24, 2.45) is 0 Å². The predicted octanol–water partition coefficient (Wildman–Crippen LogP) is 7.55. The van der Waals surface area contributed by atoms with Crippen LogP contribution < -0.4 is 15.0 Å². The number of anilines is 2. The maximum Gasteiger partial charge on any atom is 0.262 e. The normalized spacial score (nSPS) is 15.8. The van der Waals surface area contributed by atoms with Crippen LogP contribution in [0.4, 0.5) is 11.4 Å². The van der Waals surface area contributed by atoms with Crippen molar-refractivity contribution in [3.63, 3.8) is 0 Å². The van der Waals surface area contributed by atoms with E-state index >= 15 is 0 Å². The average Bonchev–Trinajstić information content (AvgIpc) is 2.92. The summed E-state index contributed by atoms with van der Waals surface area (Å²) in [6, 6.07) is 34.2. The van der Waals surface area contributed by atoms with Crippen molar-refractivity contribution in [2.75, 3.05) is 10.2 Å². The molecular formula is C31H30N2O2. The third-order valence-corrected chi connectivity index (χ3v) is 6.72. The van der Waals surface area contributed by atoms with Crippen molar-refractivity contribution in [3.05, 3.63) is 125 Å². The highest BCUT2D eigenvalue weighted by Gasteiger charge is 2.34. The Bertz CT molecular complexity index is 1280. The molecule has 0 bridgehead atoms. The second kappa shape index (κ2) is 10.1. The zero-order valence-electron chi connectivity index (χ0n) is 20.1. The van der Waals surface area contributed by atoms with E-state index in [1.807, 2.05) is 83.8 Å². The van der Waals surface area contributed by atoms with E-state index in [2.05, 4.69) is 43.4 Å². The Kier molecular flexibility index (Phi) is 6.53. The first kappa shape index (κ1) is 22.7. The highest BCUT2D eigenvalue weighted by atomic mass is 16.5. The third kappa shape index (κ3) is 4.78. The lowest BCUT2D eigenvalue weighted by molar-refractivity contribution is 0.0975. The molecular weight excluding hydrogens is 432 g/mol. The van der Waals surface area contributed by atoms with Gasteiger partial charge in [-0.2, -0.15) is 0 Å².